The van der Waals surface area contributed by atoms with E-state index in [2.05, 4.69) is 0 Å². The quantitative estimate of drug-likeness (QED) is 0.467. The second kappa shape index (κ2) is 2.38. The molecule has 1 heterocycles. The first-order chi connectivity index (χ1) is 4.22. The van der Waals surface area contributed by atoms with Crippen molar-refractivity contribution in [2.24, 2.45) is 0 Å². The molecule has 0 N–H and O–H groups in total. The molecule has 0 spiro atoms. The molecule has 1 rings (SSSR count). The van der Waals surface area contributed by atoms with Gasteiger partial charge < -0.3 is 4.90 Å². The first kappa shape index (κ1) is 6.59. The molecule has 1 atom stereocenters. The summed E-state index contributed by atoms with van der Waals surface area (Å²) in [6.45, 7) is 7.99. The molecule has 1 aliphatic rings. The Labute approximate surface area is 55.8 Å². The Kier molecular flexibility index (Phi) is 1.74. The fourth-order valence-electron chi connectivity index (χ4n) is 1.18. The molecule has 0 aromatic carbocycles. The van der Waals surface area contributed by atoms with Crippen LogP contribution in [0.3, 0.4) is 0 Å². The van der Waals surface area contributed by atoms with E-state index in [1.165, 1.54) is 0 Å². The normalized spacial score (nSPS) is 26.9. The highest BCUT2D eigenvalue weighted by atomic mass is 16.2. The van der Waals surface area contributed by atoms with Gasteiger partial charge in [0.2, 0.25) is 5.91 Å². The third-order valence-electron chi connectivity index (χ3n) is 1.70. The lowest BCUT2D eigenvalue weighted by Gasteiger charge is -2.18. The second-order valence-electron chi connectivity index (χ2n) is 2.42. The van der Waals surface area contributed by atoms with E-state index in [4.69, 9.17) is 6.92 Å². The van der Waals surface area contributed by atoms with Gasteiger partial charge in [0.25, 0.3) is 0 Å². The molecule has 1 saturated heterocycles. The van der Waals surface area contributed by atoms with E-state index in [0.717, 1.165) is 19.4 Å². The summed E-state index contributed by atoms with van der Waals surface area (Å²) >= 11 is 0. The topological polar surface area (TPSA) is 20.3 Å². The Morgan fingerprint density at radius 2 is 2.44 bits per heavy atom. The van der Waals surface area contributed by atoms with Gasteiger partial charge in [-0.2, -0.15) is 0 Å². The van der Waals surface area contributed by atoms with Gasteiger partial charge in [0.15, 0.2) is 0 Å². The summed E-state index contributed by atoms with van der Waals surface area (Å²) < 4.78 is 0. The maximum absolute atomic E-state index is 10.7. The third-order valence-corrected chi connectivity index (χ3v) is 1.70. The first-order valence-electron chi connectivity index (χ1n) is 3.24. The monoisotopic (exact) mass is 125 g/mol. The molecule has 9 heavy (non-hydrogen) atoms. The van der Waals surface area contributed by atoms with Crippen LogP contribution in [0.4, 0.5) is 0 Å². The molecule has 1 amide bonds. The van der Waals surface area contributed by atoms with Gasteiger partial charge in [-0.05, 0) is 19.8 Å². The van der Waals surface area contributed by atoms with Crippen molar-refractivity contribution in [3.8, 4) is 0 Å². The Morgan fingerprint density at radius 1 is 1.78 bits per heavy atom. The summed E-state index contributed by atoms with van der Waals surface area (Å²) in [5, 5.41) is 0. The van der Waals surface area contributed by atoms with E-state index < -0.39 is 0 Å². The van der Waals surface area contributed by atoms with E-state index in [1.54, 1.807) is 11.8 Å². The molecule has 1 aliphatic heterocycles. The first-order valence-corrected chi connectivity index (χ1v) is 3.24. The van der Waals surface area contributed by atoms with Gasteiger partial charge in [-0.1, -0.05) is 0 Å². The number of amides is 1. The van der Waals surface area contributed by atoms with Crippen LogP contribution in [0.2, 0.25) is 0 Å². The highest BCUT2D eigenvalue weighted by molar-refractivity contribution is 5.73. The smallest absolute Gasteiger partial charge is 0.219 e. The zero-order valence-electron chi connectivity index (χ0n) is 5.63. The van der Waals surface area contributed by atoms with Crippen molar-refractivity contribution in [1.29, 1.82) is 0 Å². The molecule has 0 saturated carbocycles. The van der Waals surface area contributed by atoms with Gasteiger partial charge in [0, 0.05) is 19.5 Å². The fraction of sp³-hybridized carbons (Fsp3) is 0.714. The van der Waals surface area contributed by atoms with Crippen LogP contribution in [0.15, 0.2) is 0 Å². The molecule has 50 valence electrons. The summed E-state index contributed by atoms with van der Waals surface area (Å²) in [6, 6.07) is -0.0116. The zero-order valence-corrected chi connectivity index (χ0v) is 5.63. The molecular formula is C7H11NO. The van der Waals surface area contributed by atoms with Crippen LogP contribution in [0.25, 0.3) is 0 Å². The van der Waals surface area contributed by atoms with E-state index in [1.807, 2.05) is 0 Å². The Morgan fingerprint density at radius 3 is 2.67 bits per heavy atom. The standard InChI is InChI=1S/C7H11NO/c1-6-4-3-5-8(6)7(2)9/h1,6H,3-5H2,2H3. The van der Waals surface area contributed by atoms with Crippen molar-refractivity contribution in [1.82, 2.24) is 4.90 Å². The predicted octanol–water partition coefficient (Wildman–Crippen LogP) is 0.708. The van der Waals surface area contributed by atoms with E-state index in [0.29, 0.717) is 0 Å². The molecule has 0 aliphatic carbocycles. The van der Waals surface area contributed by atoms with E-state index in [-0.39, 0.29) is 11.9 Å². The Bertz CT molecular complexity index is 122. The molecular weight excluding hydrogens is 114 g/mol. The van der Waals surface area contributed by atoms with Crippen LogP contribution in [-0.4, -0.2) is 23.4 Å². The molecule has 0 aromatic rings. The van der Waals surface area contributed by atoms with Crippen molar-refractivity contribution in [2.75, 3.05) is 6.54 Å². The van der Waals surface area contributed by atoms with Crippen molar-refractivity contribution >= 4 is 5.91 Å². The van der Waals surface area contributed by atoms with Gasteiger partial charge in [-0.3, -0.25) is 4.79 Å². The van der Waals surface area contributed by atoms with Crippen LogP contribution < -0.4 is 0 Å². The van der Waals surface area contributed by atoms with Crippen LogP contribution in [0.1, 0.15) is 19.8 Å². The lowest BCUT2D eigenvalue weighted by molar-refractivity contribution is -0.128. The SMILES string of the molecule is [CH]C1CCCN1C(C)=O. The van der Waals surface area contributed by atoms with Gasteiger partial charge in [0.05, 0.1) is 0 Å². The minimum atomic E-state index is -0.0116. The summed E-state index contributed by atoms with van der Waals surface area (Å²) in [5.74, 6) is 0.0972. The lowest BCUT2D eigenvalue weighted by Crippen LogP contribution is -2.31. The lowest BCUT2D eigenvalue weighted by atomic mass is 10.2. The van der Waals surface area contributed by atoms with Crippen LogP contribution in [-0.2, 0) is 4.79 Å². The average molecular weight is 125 g/mol. The van der Waals surface area contributed by atoms with Gasteiger partial charge in [-0.15, -0.1) is 0 Å². The van der Waals surface area contributed by atoms with Gasteiger partial charge in [0.1, 0.15) is 0 Å². The highest BCUT2D eigenvalue weighted by Gasteiger charge is 2.21. The minimum Gasteiger partial charge on any atom is -0.340 e. The average Bonchev–Trinajstić information content (AvgIpc) is 2.13. The van der Waals surface area contributed by atoms with E-state index >= 15 is 0 Å². The number of nitrogens with zero attached hydrogens (tertiary/aromatic N) is 1. The molecule has 1 fully saturated rings. The van der Waals surface area contributed by atoms with Crippen molar-refractivity contribution in [3.63, 3.8) is 0 Å². The highest BCUT2D eigenvalue weighted by Crippen LogP contribution is 2.15. The molecule has 2 nitrogen and oxygen atoms in total. The number of carbonyl (C=O) groups is 1. The molecule has 0 aromatic heterocycles. The van der Waals surface area contributed by atoms with Crippen molar-refractivity contribution in [3.05, 3.63) is 6.92 Å². The zero-order chi connectivity index (χ0) is 6.85. The Balaban J connectivity index is 2.49. The Hall–Kier alpha value is -0.530. The van der Waals surface area contributed by atoms with E-state index in [9.17, 15) is 4.79 Å². The van der Waals surface area contributed by atoms with Crippen LogP contribution >= 0.6 is 0 Å². The van der Waals surface area contributed by atoms with Crippen LogP contribution in [0.5, 0.6) is 0 Å². The second-order valence-corrected chi connectivity index (χ2v) is 2.42. The minimum absolute atomic E-state index is 0.0116. The summed E-state index contributed by atoms with van der Waals surface area (Å²) in [5.41, 5.74) is 0. The molecule has 2 radical (unpaired) electrons. The van der Waals surface area contributed by atoms with Gasteiger partial charge in [-0.25, -0.2) is 0 Å². The number of hydrogen-bond acceptors (Lipinski definition) is 1. The van der Waals surface area contributed by atoms with Crippen LogP contribution in [0, 0.1) is 6.92 Å². The summed E-state index contributed by atoms with van der Waals surface area (Å²) in [4.78, 5) is 12.4. The predicted molar refractivity (Wildman–Crippen MR) is 34.7 cm³/mol. The fourth-order valence-corrected chi connectivity index (χ4v) is 1.18. The number of hydrogen-bond donors (Lipinski definition) is 0. The number of rotatable bonds is 0. The number of carbonyl (C=O) groups excluding carboxylic acids is 1. The maximum atomic E-state index is 10.7. The third kappa shape index (κ3) is 1.23. The molecule has 2 heteroatoms. The van der Waals surface area contributed by atoms with Crippen molar-refractivity contribution < 1.29 is 4.79 Å². The number of likely N-dealkylation sites (tertiary alicyclic amines) is 1. The van der Waals surface area contributed by atoms with Gasteiger partial charge >= 0.3 is 0 Å². The molecule has 1 unspecified atom stereocenters. The molecule has 0 bridgehead atoms. The largest absolute Gasteiger partial charge is 0.340 e. The maximum Gasteiger partial charge on any atom is 0.219 e. The summed E-state index contributed by atoms with van der Waals surface area (Å²) in [7, 11) is 0. The van der Waals surface area contributed by atoms with Crippen molar-refractivity contribution in [2.45, 2.75) is 25.8 Å². The summed E-state index contributed by atoms with van der Waals surface area (Å²) in [6.07, 6.45) is 2.01.